The van der Waals surface area contributed by atoms with Crippen molar-refractivity contribution in [3.05, 3.63) is 95.6 Å². The predicted molar refractivity (Wildman–Crippen MR) is 176 cm³/mol. The molecule has 3 rings (SSSR count). The third-order valence-corrected chi connectivity index (χ3v) is 11.0. The van der Waals surface area contributed by atoms with Gasteiger partial charge in [0.15, 0.2) is 11.6 Å². The van der Waals surface area contributed by atoms with Gasteiger partial charge in [-0.3, -0.25) is 9.13 Å². The van der Waals surface area contributed by atoms with E-state index in [2.05, 4.69) is 21.3 Å². The van der Waals surface area contributed by atoms with Gasteiger partial charge in [0.2, 0.25) is 0 Å². The van der Waals surface area contributed by atoms with Crippen molar-refractivity contribution in [3.63, 3.8) is 0 Å². The number of carbonyl (C=O) groups excluding carboxylic acids is 2. The second-order valence-electron chi connectivity index (χ2n) is 9.60. The number of hydrogen-bond donors (Lipinski definition) is 4. The topological polar surface area (TPSA) is 153 Å². The number of hydrogen-bond acceptors (Lipinski definition) is 8. The molecule has 0 aliphatic carbocycles. The first-order valence-corrected chi connectivity index (χ1v) is 17.9. The predicted octanol–water partition coefficient (Wildman–Crippen LogP) is 8.17. The van der Waals surface area contributed by atoms with Gasteiger partial charge in [0.25, 0.3) is 0 Å². The smallest absolute Gasteiger partial charge is 0.320 e. The number of benzene rings is 3. The van der Waals surface area contributed by atoms with E-state index >= 15 is 0 Å². The Kier molecular flexibility index (Phi) is 13.8. The molecule has 0 saturated carbocycles. The van der Waals surface area contributed by atoms with Crippen LogP contribution in [0, 0.1) is 6.92 Å². The maximum atomic E-state index is 13.7. The van der Waals surface area contributed by atoms with Crippen LogP contribution in [0.15, 0.2) is 78.9 Å². The highest BCUT2D eigenvalue weighted by Gasteiger charge is 2.39. The first-order valence-electron chi connectivity index (χ1n) is 14.7. The van der Waals surface area contributed by atoms with Crippen LogP contribution in [0.1, 0.15) is 56.0 Å². The fourth-order valence-corrected chi connectivity index (χ4v) is 8.27. The summed E-state index contributed by atoms with van der Waals surface area (Å²) in [6.07, 6.45) is 0. The lowest BCUT2D eigenvalue weighted by atomic mass is 10.2. The standard InChI is InChI=1S/C31H42N4O8P2/c1-6-40-44(38,41-7-2)28(24-16-12-10-13-17-24)34-30(36)32-26-21-20-23(5)27(22-26)33-31(37)35-29(25-18-14-11-15-19-25)45(39,42-8-3)43-9-4/h10-22,28-29H,6-9H2,1-5H3,(H2,32,34,36)(H2,33,35,37)/t28-,29-/m1/s1. The summed E-state index contributed by atoms with van der Waals surface area (Å²) < 4.78 is 49.5. The van der Waals surface area contributed by atoms with E-state index in [1.807, 2.05) is 0 Å². The molecule has 0 aliphatic rings. The van der Waals surface area contributed by atoms with Crippen molar-refractivity contribution in [3.8, 4) is 0 Å². The molecule has 0 heterocycles. The Balaban J connectivity index is 1.81. The van der Waals surface area contributed by atoms with Gasteiger partial charge < -0.3 is 39.4 Å². The fourth-order valence-electron chi connectivity index (χ4n) is 4.46. The Morgan fingerprint density at radius 2 is 1.02 bits per heavy atom. The average Bonchev–Trinajstić information content (AvgIpc) is 3.01. The molecule has 0 spiro atoms. The summed E-state index contributed by atoms with van der Waals surface area (Å²) in [5, 5.41) is 11.0. The third kappa shape index (κ3) is 9.99. The molecule has 4 N–H and O–H groups in total. The third-order valence-electron chi connectivity index (χ3n) is 6.38. The van der Waals surface area contributed by atoms with Crippen LogP contribution in [0.5, 0.6) is 0 Å². The van der Waals surface area contributed by atoms with Crippen LogP contribution < -0.4 is 21.3 Å². The Morgan fingerprint density at radius 1 is 0.622 bits per heavy atom. The first kappa shape index (κ1) is 36.0. The Hall–Kier alpha value is -3.50. The average molecular weight is 661 g/mol. The van der Waals surface area contributed by atoms with Crippen LogP contribution in [-0.2, 0) is 27.2 Å². The lowest BCUT2D eigenvalue weighted by molar-refractivity contribution is 0.205. The zero-order valence-electron chi connectivity index (χ0n) is 26.1. The van der Waals surface area contributed by atoms with Gasteiger partial charge in [0.05, 0.1) is 26.4 Å². The normalized spacial score (nSPS) is 13.0. The Bertz CT molecular complexity index is 1470. The van der Waals surface area contributed by atoms with Gasteiger partial charge >= 0.3 is 27.3 Å². The molecule has 0 unspecified atom stereocenters. The van der Waals surface area contributed by atoms with Crippen molar-refractivity contribution in [2.24, 2.45) is 0 Å². The quantitative estimate of drug-likeness (QED) is 0.112. The molecule has 4 amide bonds. The van der Waals surface area contributed by atoms with Gasteiger partial charge in [-0.1, -0.05) is 66.7 Å². The molecule has 0 radical (unpaired) electrons. The van der Waals surface area contributed by atoms with E-state index in [9.17, 15) is 18.7 Å². The molecule has 0 aromatic heterocycles. The lowest BCUT2D eigenvalue weighted by Gasteiger charge is -2.28. The summed E-state index contributed by atoms with van der Waals surface area (Å²) in [7, 11) is -7.58. The monoisotopic (exact) mass is 660 g/mol. The van der Waals surface area contributed by atoms with Crippen LogP contribution in [0.3, 0.4) is 0 Å². The SMILES string of the molecule is CCOP(=O)(OCC)[C@@H](NC(=O)Nc1ccc(C)c(NC(=O)N[C@@H](c2ccccc2)P(=O)(OCC)OCC)c1)c1ccccc1. The van der Waals surface area contributed by atoms with Gasteiger partial charge in [0, 0.05) is 11.4 Å². The minimum absolute atomic E-state index is 0.120. The van der Waals surface area contributed by atoms with Crippen molar-refractivity contribution in [2.45, 2.75) is 46.2 Å². The molecule has 45 heavy (non-hydrogen) atoms. The molecular formula is C31H42N4O8P2. The minimum atomic E-state index is -3.79. The van der Waals surface area contributed by atoms with Crippen LogP contribution in [0.2, 0.25) is 0 Å². The minimum Gasteiger partial charge on any atom is -0.320 e. The zero-order valence-corrected chi connectivity index (χ0v) is 27.9. The largest absolute Gasteiger partial charge is 0.357 e. The van der Waals surface area contributed by atoms with E-state index in [1.165, 1.54) is 0 Å². The summed E-state index contributed by atoms with van der Waals surface area (Å²) in [5.74, 6) is -2.15. The van der Waals surface area contributed by atoms with Crippen molar-refractivity contribution < 1.29 is 36.8 Å². The zero-order chi connectivity index (χ0) is 32.9. The molecule has 0 saturated heterocycles. The second kappa shape index (κ2) is 17.3. The highest BCUT2D eigenvalue weighted by Crippen LogP contribution is 2.60. The Morgan fingerprint density at radius 3 is 1.42 bits per heavy atom. The summed E-state index contributed by atoms with van der Waals surface area (Å²) >= 11 is 0. The highest BCUT2D eigenvalue weighted by molar-refractivity contribution is 7.54. The number of aryl methyl sites for hydroxylation is 1. The summed E-state index contributed by atoms with van der Waals surface area (Å²) in [6.45, 7) is 9.04. The molecule has 0 aliphatic heterocycles. The number of urea groups is 2. The summed E-state index contributed by atoms with van der Waals surface area (Å²) in [5.41, 5.74) is 2.52. The van der Waals surface area contributed by atoms with Gasteiger partial charge in [0.1, 0.15) is 0 Å². The van der Waals surface area contributed by atoms with Crippen LogP contribution >= 0.6 is 15.2 Å². The van der Waals surface area contributed by atoms with E-state index in [4.69, 9.17) is 18.1 Å². The number of nitrogens with one attached hydrogen (secondary N) is 4. The first-order chi connectivity index (χ1) is 21.6. The Labute approximate surface area is 264 Å². The highest BCUT2D eigenvalue weighted by atomic mass is 31.2. The molecular weight excluding hydrogens is 618 g/mol. The molecule has 3 aromatic rings. The molecule has 0 fully saturated rings. The van der Waals surface area contributed by atoms with E-state index in [0.29, 0.717) is 28.1 Å². The van der Waals surface area contributed by atoms with Gasteiger partial charge in [-0.15, -0.1) is 0 Å². The van der Waals surface area contributed by atoms with E-state index in [1.54, 1.807) is 113 Å². The van der Waals surface area contributed by atoms with Gasteiger partial charge in [-0.2, -0.15) is 0 Å². The maximum Gasteiger partial charge on any atom is 0.357 e. The molecule has 12 nitrogen and oxygen atoms in total. The number of anilines is 2. The van der Waals surface area contributed by atoms with Crippen molar-refractivity contribution in [1.82, 2.24) is 10.6 Å². The number of rotatable bonds is 16. The molecule has 244 valence electrons. The van der Waals surface area contributed by atoms with Gasteiger partial charge in [-0.25, -0.2) is 9.59 Å². The van der Waals surface area contributed by atoms with Gasteiger partial charge in [-0.05, 0) is 63.4 Å². The maximum absolute atomic E-state index is 13.7. The fraction of sp³-hybridized carbons (Fsp3) is 0.355. The van der Waals surface area contributed by atoms with E-state index < -0.39 is 38.8 Å². The van der Waals surface area contributed by atoms with Crippen molar-refractivity contribution in [2.75, 3.05) is 37.1 Å². The summed E-state index contributed by atoms with van der Waals surface area (Å²) in [6, 6.07) is 21.2. The van der Waals surface area contributed by atoms with E-state index in [0.717, 1.165) is 0 Å². The van der Waals surface area contributed by atoms with Crippen molar-refractivity contribution >= 4 is 38.6 Å². The lowest BCUT2D eigenvalue weighted by Crippen LogP contribution is -2.34. The number of carbonyl (C=O) groups is 2. The molecule has 2 atom stereocenters. The molecule has 14 heteroatoms. The second-order valence-corrected chi connectivity index (χ2v) is 13.8. The van der Waals surface area contributed by atoms with Crippen LogP contribution in [0.4, 0.5) is 21.0 Å². The number of amides is 4. The van der Waals surface area contributed by atoms with Crippen molar-refractivity contribution in [1.29, 1.82) is 0 Å². The van der Waals surface area contributed by atoms with E-state index in [-0.39, 0.29) is 26.4 Å². The molecule has 0 bridgehead atoms. The molecule has 3 aromatic carbocycles. The summed E-state index contributed by atoms with van der Waals surface area (Å²) in [4.78, 5) is 26.5. The van der Waals surface area contributed by atoms with Crippen LogP contribution in [0.25, 0.3) is 0 Å². The van der Waals surface area contributed by atoms with Crippen LogP contribution in [-0.4, -0.2) is 38.5 Å².